The maximum Gasteiger partial charge on any atom is 0.231 e. The number of hydrogen-bond acceptors (Lipinski definition) is 4. The molecule has 1 aliphatic heterocycles. The predicted molar refractivity (Wildman–Crippen MR) is 77.8 cm³/mol. The Morgan fingerprint density at radius 1 is 1.00 bits per heavy atom. The molecule has 0 aliphatic carbocycles. The first-order chi connectivity index (χ1) is 9.81. The van der Waals surface area contributed by atoms with E-state index in [9.17, 15) is 4.79 Å². The maximum absolute atomic E-state index is 12.5. The molecule has 0 fully saturated rings. The van der Waals surface area contributed by atoms with Gasteiger partial charge in [0.15, 0.2) is 11.5 Å². The number of ketones is 1. The minimum absolute atomic E-state index is 0.0181. The summed E-state index contributed by atoms with van der Waals surface area (Å²) in [5.74, 6) is 1.35. The van der Waals surface area contributed by atoms with Gasteiger partial charge in [-0.1, -0.05) is 18.2 Å². The highest BCUT2D eigenvalue weighted by molar-refractivity contribution is 7.21. The summed E-state index contributed by atoms with van der Waals surface area (Å²) < 4.78 is 11.7. The van der Waals surface area contributed by atoms with E-state index in [2.05, 4.69) is 0 Å². The number of fused-ring (bicyclic) bond motifs is 2. The first-order valence-corrected chi connectivity index (χ1v) is 7.06. The summed E-state index contributed by atoms with van der Waals surface area (Å²) >= 11 is 1.51. The maximum atomic E-state index is 12.5. The van der Waals surface area contributed by atoms with Crippen molar-refractivity contribution in [3.63, 3.8) is 0 Å². The first-order valence-electron chi connectivity index (χ1n) is 6.24. The second-order valence-electron chi connectivity index (χ2n) is 4.55. The van der Waals surface area contributed by atoms with Gasteiger partial charge in [-0.3, -0.25) is 4.79 Å². The molecule has 0 amide bonds. The van der Waals surface area contributed by atoms with Crippen molar-refractivity contribution in [1.82, 2.24) is 0 Å². The lowest BCUT2D eigenvalue weighted by Crippen LogP contribution is -1.98. The van der Waals surface area contributed by atoms with E-state index in [0.29, 0.717) is 17.1 Å². The fourth-order valence-electron chi connectivity index (χ4n) is 2.27. The van der Waals surface area contributed by atoms with Gasteiger partial charge in [-0.2, -0.15) is 0 Å². The lowest BCUT2D eigenvalue weighted by atomic mass is 10.1. The minimum Gasteiger partial charge on any atom is -0.454 e. The Kier molecular flexibility index (Phi) is 2.50. The number of benzene rings is 2. The lowest BCUT2D eigenvalue weighted by molar-refractivity contribution is 0.104. The van der Waals surface area contributed by atoms with Gasteiger partial charge in [0.05, 0.1) is 4.88 Å². The van der Waals surface area contributed by atoms with Gasteiger partial charge >= 0.3 is 0 Å². The van der Waals surface area contributed by atoms with Crippen LogP contribution in [0.5, 0.6) is 11.5 Å². The molecule has 4 heteroatoms. The third-order valence-corrected chi connectivity index (χ3v) is 4.40. The number of carbonyl (C=O) groups excluding carboxylic acids is 1. The van der Waals surface area contributed by atoms with Crippen molar-refractivity contribution < 1.29 is 14.3 Å². The Balaban J connectivity index is 1.76. The van der Waals surface area contributed by atoms with Crippen LogP contribution in [0.1, 0.15) is 15.2 Å². The van der Waals surface area contributed by atoms with E-state index in [-0.39, 0.29) is 12.6 Å². The van der Waals surface area contributed by atoms with Crippen LogP contribution in [0, 0.1) is 0 Å². The Hall–Kier alpha value is -2.33. The van der Waals surface area contributed by atoms with Crippen LogP contribution < -0.4 is 9.47 Å². The Morgan fingerprint density at radius 3 is 2.75 bits per heavy atom. The standard InChI is InChI=1S/C16H10O3S/c17-16(11-5-6-12-13(7-11)19-9-18-12)15-8-10-3-1-2-4-14(10)20-15/h1-8H,9H2. The number of thiophene rings is 1. The second-order valence-corrected chi connectivity index (χ2v) is 5.63. The predicted octanol–water partition coefficient (Wildman–Crippen LogP) is 3.86. The van der Waals surface area contributed by atoms with Gasteiger partial charge in [-0.25, -0.2) is 0 Å². The zero-order chi connectivity index (χ0) is 13.5. The van der Waals surface area contributed by atoms with E-state index in [1.54, 1.807) is 18.2 Å². The van der Waals surface area contributed by atoms with Crippen LogP contribution in [-0.2, 0) is 0 Å². The van der Waals surface area contributed by atoms with Crippen molar-refractivity contribution in [1.29, 1.82) is 0 Å². The molecule has 0 N–H and O–H groups in total. The van der Waals surface area contributed by atoms with Crippen LogP contribution in [0.2, 0.25) is 0 Å². The summed E-state index contributed by atoms with van der Waals surface area (Å²) in [5, 5.41) is 1.10. The van der Waals surface area contributed by atoms with Crippen LogP contribution >= 0.6 is 11.3 Å². The molecular weight excluding hydrogens is 272 g/mol. The molecule has 98 valence electrons. The number of carbonyl (C=O) groups is 1. The van der Waals surface area contributed by atoms with Crippen LogP contribution in [-0.4, -0.2) is 12.6 Å². The van der Waals surface area contributed by atoms with Crippen LogP contribution in [0.25, 0.3) is 10.1 Å². The smallest absolute Gasteiger partial charge is 0.231 e. The Morgan fingerprint density at radius 2 is 1.85 bits per heavy atom. The van der Waals surface area contributed by atoms with Crippen LogP contribution in [0.4, 0.5) is 0 Å². The molecule has 1 aromatic heterocycles. The third kappa shape index (κ3) is 1.77. The molecule has 20 heavy (non-hydrogen) atoms. The molecule has 0 saturated heterocycles. The third-order valence-electron chi connectivity index (χ3n) is 3.28. The average Bonchev–Trinajstić information content (AvgIpc) is 3.11. The van der Waals surface area contributed by atoms with Gasteiger partial charge in [-0.05, 0) is 35.7 Å². The highest BCUT2D eigenvalue weighted by Gasteiger charge is 2.18. The van der Waals surface area contributed by atoms with Gasteiger partial charge < -0.3 is 9.47 Å². The van der Waals surface area contributed by atoms with Gasteiger partial charge in [0.25, 0.3) is 0 Å². The normalized spacial score (nSPS) is 12.8. The summed E-state index contributed by atoms with van der Waals surface area (Å²) in [6.45, 7) is 0.218. The summed E-state index contributed by atoms with van der Waals surface area (Å²) in [5.41, 5.74) is 0.626. The summed E-state index contributed by atoms with van der Waals surface area (Å²) in [7, 11) is 0. The van der Waals surface area contributed by atoms with Crippen LogP contribution in [0.15, 0.2) is 48.5 Å². The molecule has 1 aliphatic rings. The van der Waals surface area contributed by atoms with E-state index < -0.39 is 0 Å². The molecule has 0 radical (unpaired) electrons. The molecule has 3 aromatic rings. The average molecular weight is 282 g/mol. The highest BCUT2D eigenvalue weighted by Crippen LogP contribution is 2.34. The fourth-order valence-corrected chi connectivity index (χ4v) is 3.30. The first kappa shape index (κ1) is 11.5. The fraction of sp³-hybridized carbons (Fsp3) is 0.0625. The zero-order valence-electron chi connectivity index (χ0n) is 10.5. The zero-order valence-corrected chi connectivity index (χ0v) is 11.3. The summed E-state index contributed by atoms with van der Waals surface area (Å²) in [6.07, 6.45) is 0. The molecule has 2 aromatic carbocycles. The molecule has 0 unspecified atom stereocenters. The van der Waals surface area contributed by atoms with Gasteiger partial charge in [0, 0.05) is 10.3 Å². The van der Waals surface area contributed by atoms with E-state index >= 15 is 0 Å². The molecule has 0 atom stereocenters. The SMILES string of the molecule is O=C(c1ccc2c(c1)OCO2)c1cc2ccccc2s1. The summed E-state index contributed by atoms with van der Waals surface area (Å²) in [6, 6.07) is 15.2. The monoisotopic (exact) mass is 282 g/mol. The Bertz CT molecular complexity index is 786. The van der Waals surface area contributed by atoms with Gasteiger partial charge in [0.2, 0.25) is 12.6 Å². The van der Waals surface area contributed by atoms with E-state index in [1.807, 2.05) is 30.3 Å². The second kappa shape index (κ2) is 4.35. The van der Waals surface area contributed by atoms with E-state index in [1.165, 1.54) is 11.3 Å². The highest BCUT2D eigenvalue weighted by atomic mass is 32.1. The molecule has 0 bridgehead atoms. The number of rotatable bonds is 2. The molecule has 3 nitrogen and oxygen atoms in total. The number of hydrogen-bond donors (Lipinski definition) is 0. The number of ether oxygens (including phenoxy) is 2. The van der Waals surface area contributed by atoms with Gasteiger partial charge in [-0.15, -0.1) is 11.3 Å². The molecule has 4 rings (SSSR count). The lowest BCUT2D eigenvalue weighted by Gasteiger charge is -2.00. The topological polar surface area (TPSA) is 35.5 Å². The van der Waals surface area contributed by atoms with Crippen molar-refractivity contribution in [3.05, 3.63) is 59.0 Å². The minimum atomic E-state index is 0.0181. The molecule has 0 saturated carbocycles. The largest absolute Gasteiger partial charge is 0.454 e. The molecule has 0 spiro atoms. The molecular formula is C16H10O3S. The van der Waals surface area contributed by atoms with Crippen molar-refractivity contribution in [2.75, 3.05) is 6.79 Å². The molecule has 2 heterocycles. The van der Waals surface area contributed by atoms with Gasteiger partial charge in [0.1, 0.15) is 0 Å². The quantitative estimate of drug-likeness (QED) is 0.669. The van der Waals surface area contributed by atoms with Crippen molar-refractivity contribution >= 4 is 27.2 Å². The van der Waals surface area contributed by atoms with Crippen LogP contribution in [0.3, 0.4) is 0 Å². The van der Waals surface area contributed by atoms with E-state index in [4.69, 9.17) is 9.47 Å². The van der Waals surface area contributed by atoms with Crippen molar-refractivity contribution in [2.45, 2.75) is 0 Å². The Labute approximate surface area is 119 Å². The van der Waals surface area contributed by atoms with Crippen molar-refractivity contribution in [3.8, 4) is 11.5 Å². The van der Waals surface area contributed by atoms with E-state index in [0.717, 1.165) is 15.0 Å². The van der Waals surface area contributed by atoms with Crippen molar-refractivity contribution in [2.24, 2.45) is 0 Å². The summed E-state index contributed by atoms with van der Waals surface area (Å²) in [4.78, 5) is 13.3.